The molecule has 24 heavy (non-hydrogen) atoms. The number of halogens is 3. The van der Waals surface area contributed by atoms with Crippen molar-refractivity contribution in [3.63, 3.8) is 0 Å². The molecule has 9 heteroatoms. The van der Waals surface area contributed by atoms with E-state index in [2.05, 4.69) is 4.98 Å². The van der Waals surface area contributed by atoms with Gasteiger partial charge in [0.15, 0.2) is 0 Å². The van der Waals surface area contributed by atoms with Gasteiger partial charge in [0, 0.05) is 27.2 Å². The van der Waals surface area contributed by atoms with E-state index in [0.29, 0.717) is 13.1 Å². The minimum atomic E-state index is -4.53. The summed E-state index contributed by atoms with van der Waals surface area (Å²) in [6.45, 7) is 0.575. The number of hydrogen-bond donors (Lipinski definition) is 0. The highest BCUT2D eigenvalue weighted by Crippen LogP contribution is 2.27. The van der Waals surface area contributed by atoms with Crippen LogP contribution in [0.3, 0.4) is 0 Å². The van der Waals surface area contributed by atoms with Gasteiger partial charge in [-0.25, -0.2) is 4.98 Å². The molecule has 6 nitrogen and oxygen atoms in total. The van der Waals surface area contributed by atoms with Crippen molar-refractivity contribution in [2.45, 2.75) is 18.7 Å². The normalized spacial score (nSPS) is 15.1. The molecule has 2 heterocycles. The number of aromatic nitrogens is 1. The van der Waals surface area contributed by atoms with E-state index < -0.39 is 11.9 Å². The first-order valence-corrected chi connectivity index (χ1v) is 7.29. The maximum atomic E-state index is 12.6. The summed E-state index contributed by atoms with van der Waals surface area (Å²) in [5, 5.41) is 0. The number of alkyl halides is 3. The molecule has 1 aliphatic heterocycles. The van der Waals surface area contributed by atoms with Gasteiger partial charge in [0.25, 0.3) is 0 Å². The van der Waals surface area contributed by atoms with E-state index in [-0.39, 0.29) is 36.6 Å². The first kappa shape index (κ1) is 18.2. The summed E-state index contributed by atoms with van der Waals surface area (Å²) in [6.07, 6.45) is -4.96. The highest BCUT2D eigenvalue weighted by atomic mass is 19.4. The van der Waals surface area contributed by atoms with Crippen molar-refractivity contribution in [2.75, 3.05) is 33.8 Å². The molecule has 0 unspecified atom stereocenters. The summed E-state index contributed by atoms with van der Waals surface area (Å²) in [5.41, 5.74) is -0.943. The van der Waals surface area contributed by atoms with Crippen LogP contribution in [0.4, 0.5) is 13.2 Å². The summed E-state index contributed by atoms with van der Waals surface area (Å²) < 4.78 is 43.1. The fraction of sp³-hybridized carbons (Fsp3) is 0.533. The third kappa shape index (κ3) is 4.67. The number of rotatable bonds is 5. The van der Waals surface area contributed by atoms with Crippen molar-refractivity contribution in [1.82, 2.24) is 14.8 Å². The van der Waals surface area contributed by atoms with Crippen molar-refractivity contribution in [2.24, 2.45) is 0 Å². The van der Waals surface area contributed by atoms with Gasteiger partial charge in [0.2, 0.25) is 11.8 Å². The van der Waals surface area contributed by atoms with Gasteiger partial charge < -0.3 is 14.5 Å². The summed E-state index contributed by atoms with van der Waals surface area (Å²) in [7, 11) is 3.23. The number of amides is 2. The van der Waals surface area contributed by atoms with E-state index in [1.165, 1.54) is 21.9 Å². The average molecular weight is 345 g/mol. The topological polar surface area (TPSA) is 62.7 Å². The van der Waals surface area contributed by atoms with Gasteiger partial charge in [-0.15, -0.1) is 0 Å². The molecule has 0 aromatic carbocycles. The van der Waals surface area contributed by atoms with E-state index >= 15 is 0 Å². The van der Waals surface area contributed by atoms with Crippen LogP contribution in [-0.2, 0) is 26.9 Å². The van der Waals surface area contributed by atoms with E-state index in [9.17, 15) is 22.8 Å². The monoisotopic (exact) mass is 345 g/mol. The van der Waals surface area contributed by atoms with E-state index in [1.54, 1.807) is 14.1 Å². The highest BCUT2D eigenvalue weighted by molar-refractivity contribution is 5.79. The standard InChI is InChI=1S/C15H18F3N3O3/c1-20(2)14(23)9-24-11-7-21(8-11)13(22)6-10-4-3-5-12(19-10)15(16,17)18/h3-5,11H,6-9H2,1-2H3. The van der Waals surface area contributed by atoms with Crippen LogP contribution >= 0.6 is 0 Å². The maximum Gasteiger partial charge on any atom is 0.433 e. The molecule has 1 aliphatic rings. The largest absolute Gasteiger partial charge is 0.433 e. The molecule has 1 fully saturated rings. The Labute approximate surface area is 137 Å². The SMILES string of the molecule is CN(C)C(=O)COC1CN(C(=O)Cc2cccc(C(F)(F)F)n2)C1. The predicted octanol–water partition coefficient (Wildman–Crippen LogP) is 0.959. The molecule has 0 aliphatic carbocycles. The van der Waals surface area contributed by atoms with Gasteiger partial charge in [-0.3, -0.25) is 9.59 Å². The lowest BCUT2D eigenvalue weighted by atomic mass is 10.1. The number of pyridine rings is 1. The van der Waals surface area contributed by atoms with Gasteiger partial charge in [-0.05, 0) is 12.1 Å². The van der Waals surface area contributed by atoms with Gasteiger partial charge in [-0.2, -0.15) is 13.2 Å². The molecular weight excluding hydrogens is 327 g/mol. The molecule has 0 atom stereocenters. The van der Waals surface area contributed by atoms with Crippen molar-refractivity contribution in [3.8, 4) is 0 Å². The summed E-state index contributed by atoms with van der Waals surface area (Å²) in [6, 6.07) is 3.48. The summed E-state index contributed by atoms with van der Waals surface area (Å²) in [4.78, 5) is 29.7. The Morgan fingerprint density at radius 1 is 1.33 bits per heavy atom. The van der Waals surface area contributed by atoms with Crippen LogP contribution in [0.15, 0.2) is 18.2 Å². The molecule has 1 saturated heterocycles. The number of likely N-dealkylation sites (N-methyl/N-ethyl adjacent to an activating group) is 1. The Morgan fingerprint density at radius 3 is 2.58 bits per heavy atom. The van der Waals surface area contributed by atoms with E-state index in [4.69, 9.17) is 4.74 Å². The zero-order valence-electron chi connectivity index (χ0n) is 13.3. The van der Waals surface area contributed by atoms with Crippen LogP contribution in [0.1, 0.15) is 11.4 Å². The Kier molecular flexibility index (Phi) is 5.43. The smallest absolute Gasteiger partial charge is 0.365 e. The summed E-state index contributed by atoms with van der Waals surface area (Å²) in [5.74, 6) is -0.492. The van der Waals surface area contributed by atoms with Crippen LogP contribution in [0, 0.1) is 0 Å². The first-order valence-electron chi connectivity index (χ1n) is 7.29. The molecule has 0 radical (unpaired) electrons. The van der Waals surface area contributed by atoms with Crippen LogP contribution in [-0.4, -0.2) is 66.5 Å². The number of hydrogen-bond acceptors (Lipinski definition) is 4. The van der Waals surface area contributed by atoms with Crippen LogP contribution in [0.5, 0.6) is 0 Å². The zero-order chi connectivity index (χ0) is 17.9. The van der Waals surface area contributed by atoms with Crippen molar-refractivity contribution < 1.29 is 27.5 Å². The molecule has 2 rings (SSSR count). The number of carbonyl (C=O) groups is 2. The van der Waals surface area contributed by atoms with Crippen LogP contribution < -0.4 is 0 Å². The molecule has 0 N–H and O–H groups in total. The minimum Gasteiger partial charge on any atom is -0.365 e. The quantitative estimate of drug-likeness (QED) is 0.797. The van der Waals surface area contributed by atoms with Gasteiger partial charge in [-0.1, -0.05) is 6.07 Å². The number of carbonyl (C=O) groups excluding carboxylic acids is 2. The van der Waals surface area contributed by atoms with Crippen molar-refractivity contribution in [3.05, 3.63) is 29.6 Å². The lowest BCUT2D eigenvalue weighted by Crippen LogP contribution is -2.55. The number of ether oxygens (including phenoxy) is 1. The Hall–Kier alpha value is -2.16. The molecule has 0 bridgehead atoms. The van der Waals surface area contributed by atoms with Crippen LogP contribution in [0.25, 0.3) is 0 Å². The Balaban J connectivity index is 1.80. The fourth-order valence-corrected chi connectivity index (χ4v) is 2.07. The average Bonchev–Trinajstić information content (AvgIpc) is 2.44. The molecular formula is C15H18F3N3O3. The van der Waals surface area contributed by atoms with Gasteiger partial charge in [0.1, 0.15) is 12.3 Å². The summed E-state index contributed by atoms with van der Waals surface area (Å²) >= 11 is 0. The predicted molar refractivity (Wildman–Crippen MR) is 78.0 cm³/mol. The number of nitrogens with zero attached hydrogens (tertiary/aromatic N) is 3. The molecule has 1 aromatic heterocycles. The minimum absolute atomic E-state index is 0.0606. The second kappa shape index (κ2) is 7.16. The molecule has 0 saturated carbocycles. The van der Waals surface area contributed by atoms with Crippen molar-refractivity contribution in [1.29, 1.82) is 0 Å². The second-order valence-electron chi connectivity index (χ2n) is 5.71. The van der Waals surface area contributed by atoms with E-state index in [1.807, 2.05) is 0 Å². The lowest BCUT2D eigenvalue weighted by Gasteiger charge is -2.38. The molecule has 2 amide bonds. The lowest BCUT2D eigenvalue weighted by molar-refractivity contribution is -0.150. The number of likely N-dealkylation sites (tertiary alicyclic amines) is 1. The van der Waals surface area contributed by atoms with Gasteiger partial charge >= 0.3 is 6.18 Å². The fourth-order valence-electron chi connectivity index (χ4n) is 2.07. The zero-order valence-corrected chi connectivity index (χ0v) is 13.3. The Bertz CT molecular complexity index is 613. The van der Waals surface area contributed by atoms with Crippen molar-refractivity contribution >= 4 is 11.8 Å². The molecule has 132 valence electrons. The van der Waals surface area contributed by atoms with E-state index in [0.717, 1.165) is 6.07 Å². The maximum absolute atomic E-state index is 12.6. The Morgan fingerprint density at radius 2 is 2.00 bits per heavy atom. The van der Waals surface area contributed by atoms with Gasteiger partial charge in [0.05, 0.1) is 18.2 Å². The van der Waals surface area contributed by atoms with Crippen LogP contribution in [0.2, 0.25) is 0 Å². The highest BCUT2D eigenvalue weighted by Gasteiger charge is 2.34. The second-order valence-corrected chi connectivity index (χ2v) is 5.71. The third-order valence-corrected chi connectivity index (χ3v) is 3.57. The molecule has 1 aromatic rings. The first-order chi connectivity index (χ1) is 11.2. The molecule has 0 spiro atoms. The third-order valence-electron chi connectivity index (χ3n) is 3.57.